The molecule has 0 radical (unpaired) electrons. The third-order valence-corrected chi connectivity index (χ3v) is 6.71. The molecule has 1 unspecified atom stereocenters. The summed E-state index contributed by atoms with van der Waals surface area (Å²) in [4.78, 5) is 0. The van der Waals surface area contributed by atoms with Gasteiger partial charge in [-0.05, 0) is 17.7 Å². The second kappa shape index (κ2) is 4.79. The Kier molecular flexibility index (Phi) is 3.66. The van der Waals surface area contributed by atoms with Crippen LogP contribution in [0.1, 0.15) is 10.8 Å². The maximum atomic E-state index is 12.0. The molecule has 2 rings (SSSR count). The number of hydrogen-bond acceptors (Lipinski definition) is 4. The Labute approximate surface area is 115 Å². The fourth-order valence-electron chi connectivity index (χ4n) is 1.80. The molecule has 1 aliphatic heterocycles. The van der Waals surface area contributed by atoms with Gasteiger partial charge in [-0.1, -0.05) is 34.1 Å². The fourth-order valence-corrected chi connectivity index (χ4v) is 5.98. The lowest BCUT2D eigenvalue weighted by atomic mass is 10.2. The van der Waals surface area contributed by atoms with Crippen LogP contribution in [-0.2, 0) is 19.7 Å². The highest BCUT2D eigenvalue weighted by Gasteiger charge is 2.32. The summed E-state index contributed by atoms with van der Waals surface area (Å²) < 4.78 is 48.2. The van der Waals surface area contributed by atoms with Gasteiger partial charge in [0.05, 0.1) is 11.5 Å². The maximum absolute atomic E-state index is 12.0. The largest absolute Gasteiger partial charge is 0.228 e. The van der Waals surface area contributed by atoms with E-state index in [1.165, 1.54) is 6.08 Å². The van der Waals surface area contributed by atoms with Crippen LogP contribution >= 0.6 is 15.9 Å². The van der Waals surface area contributed by atoms with E-state index in [0.717, 1.165) is 9.88 Å². The van der Waals surface area contributed by atoms with Gasteiger partial charge in [-0.3, -0.25) is 0 Å². The molecule has 1 aromatic rings. The van der Waals surface area contributed by atoms with Crippen LogP contribution in [0, 0.1) is 0 Å². The van der Waals surface area contributed by atoms with E-state index in [0.29, 0.717) is 5.56 Å². The molecule has 0 saturated heterocycles. The Balaban J connectivity index is 2.55. The molecule has 0 amide bonds. The van der Waals surface area contributed by atoms with Gasteiger partial charge in [-0.2, -0.15) is 0 Å². The number of sulfone groups is 2. The highest BCUT2D eigenvalue weighted by molar-refractivity contribution is 9.10. The van der Waals surface area contributed by atoms with E-state index in [4.69, 9.17) is 0 Å². The van der Waals surface area contributed by atoms with Crippen molar-refractivity contribution < 1.29 is 16.8 Å². The lowest BCUT2D eigenvalue weighted by Gasteiger charge is -2.14. The fraction of sp³-hybridized carbons (Fsp3) is 0.273. The molecule has 0 bridgehead atoms. The first kappa shape index (κ1) is 13.8. The van der Waals surface area contributed by atoms with Crippen molar-refractivity contribution in [3.8, 4) is 0 Å². The quantitative estimate of drug-likeness (QED) is 0.774. The van der Waals surface area contributed by atoms with Crippen molar-refractivity contribution in [2.45, 2.75) is 5.25 Å². The summed E-state index contributed by atoms with van der Waals surface area (Å²) >= 11 is 3.25. The first-order valence-electron chi connectivity index (χ1n) is 5.16. The lowest BCUT2D eigenvalue weighted by Crippen LogP contribution is -2.20. The first-order valence-corrected chi connectivity index (χ1v) is 9.39. The van der Waals surface area contributed by atoms with Gasteiger partial charge in [0.25, 0.3) is 0 Å². The predicted octanol–water partition coefficient (Wildman–Crippen LogP) is 1.85. The van der Waals surface area contributed by atoms with Gasteiger partial charge >= 0.3 is 0 Å². The predicted molar refractivity (Wildman–Crippen MR) is 73.6 cm³/mol. The van der Waals surface area contributed by atoms with E-state index < -0.39 is 24.9 Å². The van der Waals surface area contributed by atoms with Crippen LogP contribution in [0.2, 0.25) is 0 Å². The van der Waals surface area contributed by atoms with Gasteiger partial charge in [-0.25, -0.2) is 16.8 Å². The van der Waals surface area contributed by atoms with Crippen LogP contribution in [-0.4, -0.2) is 28.3 Å². The monoisotopic (exact) mass is 350 g/mol. The Morgan fingerprint density at radius 3 is 2.56 bits per heavy atom. The molecule has 1 heterocycles. The molecule has 0 saturated carbocycles. The maximum Gasteiger partial charge on any atom is 0.179 e. The Morgan fingerprint density at radius 1 is 1.17 bits per heavy atom. The van der Waals surface area contributed by atoms with Crippen molar-refractivity contribution >= 4 is 35.6 Å². The van der Waals surface area contributed by atoms with Crippen LogP contribution in [0.25, 0.3) is 0 Å². The average Bonchev–Trinajstić information content (AvgIpc) is 2.35. The molecule has 1 aromatic carbocycles. The second-order valence-electron chi connectivity index (χ2n) is 4.08. The summed E-state index contributed by atoms with van der Waals surface area (Å²) in [5.74, 6) is -0.602. The lowest BCUT2D eigenvalue weighted by molar-refractivity contribution is 0.584. The van der Waals surface area contributed by atoms with Gasteiger partial charge in [-0.15, -0.1) is 0 Å². The minimum Gasteiger partial charge on any atom is -0.228 e. The van der Waals surface area contributed by atoms with Crippen LogP contribution in [0.15, 0.2) is 40.2 Å². The smallest absolute Gasteiger partial charge is 0.179 e. The van der Waals surface area contributed by atoms with Crippen LogP contribution in [0.5, 0.6) is 0 Å². The van der Waals surface area contributed by atoms with Crippen molar-refractivity contribution in [1.29, 1.82) is 0 Å². The standard InChI is InChI=1S/C11H11BrO4S2/c12-10-4-1-3-9(7-10)11-8-17(13,14)5-2-6-18(11,15)16/h1-4,6-7,11H,5,8H2. The molecular weight excluding hydrogens is 340 g/mol. The molecule has 0 fully saturated rings. The molecule has 0 spiro atoms. The molecule has 0 N–H and O–H groups in total. The van der Waals surface area contributed by atoms with Gasteiger partial charge in [0.2, 0.25) is 0 Å². The van der Waals surface area contributed by atoms with E-state index in [2.05, 4.69) is 15.9 Å². The van der Waals surface area contributed by atoms with Crippen molar-refractivity contribution in [1.82, 2.24) is 0 Å². The number of rotatable bonds is 1. The van der Waals surface area contributed by atoms with E-state index in [9.17, 15) is 16.8 Å². The molecule has 0 aromatic heterocycles. The zero-order valence-corrected chi connectivity index (χ0v) is 12.5. The SMILES string of the molecule is O=S1(=O)CC=CS(=O)(=O)C(c2cccc(Br)c2)C1. The molecule has 1 aliphatic rings. The van der Waals surface area contributed by atoms with Gasteiger partial charge in [0, 0.05) is 9.88 Å². The van der Waals surface area contributed by atoms with E-state index in [1.54, 1.807) is 24.3 Å². The molecule has 0 aliphatic carbocycles. The van der Waals surface area contributed by atoms with Gasteiger partial charge in [0.15, 0.2) is 19.7 Å². The third kappa shape index (κ3) is 3.02. The summed E-state index contributed by atoms with van der Waals surface area (Å²) in [5, 5.41) is -0.0258. The summed E-state index contributed by atoms with van der Waals surface area (Å²) in [6, 6.07) is 6.71. The van der Waals surface area contributed by atoms with Crippen molar-refractivity contribution in [2.75, 3.05) is 11.5 Å². The van der Waals surface area contributed by atoms with Crippen LogP contribution in [0.4, 0.5) is 0 Å². The van der Waals surface area contributed by atoms with Crippen LogP contribution in [0.3, 0.4) is 0 Å². The molecule has 1 atom stereocenters. The van der Waals surface area contributed by atoms with E-state index in [1.807, 2.05) is 0 Å². The molecular formula is C11H11BrO4S2. The Hall–Kier alpha value is -0.660. The highest BCUT2D eigenvalue weighted by atomic mass is 79.9. The van der Waals surface area contributed by atoms with E-state index in [-0.39, 0.29) is 11.5 Å². The molecule has 18 heavy (non-hydrogen) atoms. The van der Waals surface area contributed by atoms with Gasteiger partial charge < -0.3 is 0 Å². The minimum absolute atomic E-state index is 0.225. The summed E-state index contributed by atoms with van der Waals surface area (Å²) in [7, 11) is -6.96. The number of halogens is 1. The van der Waals surface area contributed by atoms with E-state index >= 15 is 0 Å². The number of benzene rings is 1. The zero-order chi connectivity index (χ0) is 13.4. The Bertz CT molecular complexity index is 690. The molecule has 98 valence electrons. The highest BCUT2D eigenvalue weighted by Crippen LogP contribution is 2.29. The van der Waals surface area contributed by atoms with Crippen LogP contribution < -0.4 is 0 Å². The summed E-state index contributed by atoms with van der Waals surface area (Å²) in [6.45, 7) is 0. The average molecular weight is 351 g/mol. The normalized spacial score (nSPS) is 25.5. The van der Waals surface area contributed by atoms with Crippen molar-refractivity contribution in [3.63, 3.8) is 0 Å². The topological polar surface area (TPSA) is 68.3 Å². The number of hydrogen-bond donors (Lipinski definition) is 0. The van der Waals surface area contributed by atoms with Crippen molar-refractivity contribution in [3.05, 3.63) is 45.8 Å². The van der Waals surface area contributed by atoms with Crippen molar-refractivity contribution in [2.24, 2.45) is 0 Å². The molecule has 7 heteroatoms. The Morgan fingerprint density at radius 2 is 1.89 bits per heavy atom. The zero-order valence-electron chi connectivity index (χ0n) is 9.28. The minimum atomic E-state index is -3.58. The van der Waals surface area contributed by atoms with Gasteiger partial charge in [0.1, 0.15) is 5.25 Å². The summed E-state index contributed by atoms with van der Waals surface area (Å²) in [5.41, 5.74) is 0.486. The molecule has 4 nitrogen and oxygen atoms in total. The first-order chi connectivity index (χ1) is 8.30. The summed E-state index contributed by atoms with van der Waals surface area (Å²) in [6.07, 6.45) is 1.20. The second-order valence-corrected chi connectivity index (χ2v) is 9.17. The third-order valence-electron chi connectivity index (χ3n) is 2.66.